The largest absolute Gasteiger partial charge is 0.0619 e. The van der Waals surface area contributed by atoms with Gasteiger partial charge in [-0.15, -0.1) is 0 Å². The summed E-state index contributed by atoms with van der Waals surface area (Å²) < 4.78 is 0. The molecular formula is C48H36. The van der Waals surface area contributed by atoms with Crippen LogP contribution in [0.4, 0.5) is 0 Å². The molecular weight excluding hydrogens is 577 g/mol. The third kappa shape index (κ3) is 3.78. The highest BCUT2D eigenvalue weighted by atomic mass is 14.4. The number of hydrogen-bond acceptors (Lipinski definition) is 0. The van der Waals surface area contributed by atoms with Crippen molar-refractivity contribution in [2.24, 2.45) is 0 Å². The summed E-state index contributed by atoms with van der Waals surface area (Å²) in [6, 6.07) is 55.1. The number of rotatable bonds is 2. The van der Waals surface area contributed by atoms with E-state index in [1.807, 2.05) is 0 Å². The lowest BCUT2D eigenvalue weighted by molar-refractivity contribution is 0.661. The molecule has 0 N–H and O–H groups in total. The Balaban J connectivity index is 1.07. The summed E-state index contributed by atoms with van der Waals surface area (Å²) in [6.07, 6.45) is 0. The van der Waals surface area contributed by atoms with Crippen LogP contribution in [0.5, 0.6) is 0 Å². The van der Waals surface area contributed by atoms with Gasteiger partial charge in [0, 0.05) is 10.8 Å². The predicted molar refractivity (Wildman–Crippen MR) is 205 cm³/mol. The predicted octanol–water partition coefficient (Wildman–Crippen LogP) is 13.1. The van der Waals surface area contributed by atoms with Crippen LogP contribution in [-0.4, -0.2) is 0 Å². The molecule has 8 aromatic rings. The minimum absolute atomic E-state index is 0.0192. The van der Waals surface area contributed by atoms with Gasteiger partial charge < -0.3 is 0 Å². The average molecular weight is 613 g/mol. The lowest BCUT2D eigenvalue weighted by atomic mass is 9.80. The Hall–Kier alpha value is -5.46. The second-order valence-electron chi connectivity index (χ2n) is 15.0. The van der Waals surface area contributed by atoms with Crippen LogP contribution in [-0.2, 0) is 10.8 Å². The van der Waals surface area contributed by atoms with E-state index in [4.69, 9.17) is 0 Å². The zero-order valence-corrected chi connectivity index (χ0v) is 27.9. The molecule has 0 spiro atoms. The van der Waals surface area contributed by atoms with Gasteiger partial charge in [0.25, 0.3) is 0 Å². The third-order valence-corrected chi connectivity index (χ3v) is 11.6. The van der Waals surface area contributed by atoms with E-state index in [2.05, 4.69) is 173 Å². The first kappa shape index (κ1) is 27.6. The van der Waals surface area contributed by atoms with Crippen LogP contribution in [0.25, 0.3) is 76.8 Å². The molecule has 0 saturated carbocycles. The smallest absolute Gasteiger partial charge is 0.0159 e. The van der Waals surface area contributed by atoms with Crippen LogP contribution in [0, 0.1) is 0 Å². The number of fused-ring (bicyclic) bond motifs is 10. The van der Waals surface area contributed by atoms with Gasteiger partial charge in [0.1, 0.15) is 0 Å². The second-order valence-corrected chi connectivity index (χ2v) is 15.0. The SMILES string of the molecule is CC1(C)c2cc(-c3ccc4ccccc4c3)ccc2-c2ccc(-c3ccc4ccc5cc6c(cc5c4c3)C(C)(C)c3ccccc3-6)cc21. The Morgan fingerprint density at radius 3 is 1.52 bits per heavy atom. The molecule has 0 atom stereocenters. The maximum Gasteiger partial charge on any atom is 0.0159 e. The number of hydrogen-bond donors (Lipinski definition) is 0. The van der Waals surface area contributed by atoms with Crippen molar-refractivity contribution in [3.8, 4) is 44.5 Å². The molecule has 2 aliphatic carbocycles. The third-order valence-electron chi connectivity index (χ3n) is 11.6. The van der Waals surface area contributed by atoms with Gasteiger partial charge in [0.05, 0.1) is 0 Å². The normalized spacial score (nSPS) is 15.0. The van der Waals surface area contributed by atoms with Crippen LogP contribution < -0.4 is 0 Å². The zero-order chi connectivity index (χ0) is 32.4. The fourth-order valence-electron chi connectivity index (χ4n) is 8.90. The maximum atomic E-state index is 2.48. The first-order valence-electron chi connectivity index (χ1n) is 17.2. The summed E-state index contributed by atoms with van der Waals surface area (Å²) >= 11 is 0. The van der Waals surface area contributed by atoms with E-state index in [0.717, 1.165) is 0 Å². The van der Waals surface area contributed by atoms with E-state index < -0.39 is 0 Å². The maximum absolute atomic E-state index is 2.48. The molecule has 0 heterocycles. The van der Waals surface area contributed by atoms with Gasteiger partial charge in [0.15, 0.2) is 0 Å². The molecule has 0 bridgehead atoms. The Morgan fingerprint density at radius 2 is 0.771 bits per heavy atom. The van der Waals surface area contributed by atoms with Crippen molar-refractivity contribution in [1.29, 1.82) is 0 Å². The minimum atomic E-state index is -0.0990. The Bertz CT molecular complexity index is 2660. The first-order chi connectivity index (χ1) is 23.3. The van der Waals surface area contributed by atoms with Gasteiger partial charge in [-0.1, -0.05) is 137 Å². The van der Waals surface area contributed by atoms with E-state index in [0.29, 0.717) is 0 Å². The molecule has 0 nitrogen and oxygen atoms in total. The van der Waals surface area contributed by atoms with Crippen LogP contribution in [0.15, 0.2) is 146 Å². The van der Waals surface area contributed by atoms with Gasteiger partial charge in [-0.25, -0.2) is 0 Å². The quantitative estimate of drug-likeness (QED) is 0.170. The lowest BCUT2D eigenvalue weighted by Gasteiger charge is -2.23. The molecule has 228 valence electrons. The average Bonchev–Trinajstić information content (AvgIpc) is 3.48. The highest BCUT2D eigenvalue weighted by Gasteiger charge is 2.37. The van der Waals surface area contributed by atoms with E-state index in [9.17, 15) is 0 Å². The molecule has 8 aromatic carbocycles. The highest BCUT2D eigenvalue weighted by molar-refractivity contribution is 6.11. The summed E-state index contributed by atoms with van der Waals surface area (Å²) in [5.41, 5.74) is 16.1. The summed E-state index contributed by atoms with van der Waals surface area (Å²) in [6.45, 7) is 9.52. The second kappa shape index (κ2) is 9.55. The van der Waals surface area contributed by atoms with Gasteiger partial charge in [0.2, 0.25) is 0 Å². The summed E-state index contributed by atoms with van der Waals surface area (Å²) in [4.78, 5) is 0. The van der Waals surface area contributed by atoms with E-state index in [1.54, 1.807) is 0 Å². The standard InChI is InChI=1S/C48H36/c1-47(2)43-12-8-7-11-37(43)42-25-36-18-15-30-14-17-33(24-40(30)41(36)28-46(42)47)35-20-22-39-38-21-19-34(26-44(38)48(3,4)45(39)27-35)32-16-13-29-9-5-6-10-31(29)23-32/h5-28H,1-4H3. The van der Waals surface area contributed by atoms with Crippen molar-refractivity contribution in [2.45, 2.75) is 38.5 Å². The lowest BCUT2D eigenvalue weighted by Crippen LogP contribution is -2.15. The van der Waals surface area contributed by atoms with Crippen molar-refractivity contribution in [2.75, 3.05) is 0 Å². The minimum Gasteiger partial charge on any atom is -0.0619 e. The summed E-state index contributed by atoms with van der Waals surface area (Å²) in [5.74, 6) is 0. The molecule has 0 amide bonds. The Labute approximate surface area is 282 Å². The summed E-state index contributed by atoms with van der Waals surface area (Å²) in [7, 11) is 0. The van der Waals surface area contributed by atoms with E-state index >= 15 is 0 Å². The van der Waals surface area contributed by atoms with E-state index in [-0.39, 0.29) is 10.8 Å². The van der Waals surface area contributed by atoms with Crippen molar-refractivity contribution in [3.05, 3.63) is 168 Å². The van der Waals surface area contributed by atoms with Gasteiger partial charge in [-0.3, -0.25) is 0 Å². The van der Waals surface area contributed by atoms with Crippen molar-refractivity contribution >= 4 is 32.3 Å². The van der Waals surface area contributed by atoms with Crippen LogP contribution >= 0.6 is 0 Å². The molecule has 0 fully saturated rings. The van der Waals surface area contributed by atoms with Gasteiger partial charge >= 0.3 is 0 Å². The molecule has 10 rings (SSSR count). The molecule has 0 heteroatoms. The Kier molecular flexibility index (Phi) is 5.50. The fourth-order valence-corrected chi connectivity index (χ4v) is 8.90. The summed E-state index contributed by atoms with van der Waals surface area (Å²) in [5, 5.41) is 7.81. The monoisotopic (exact) mass is 612 g/mol. The molecule has 0 aromatic heterocycles. The van der Waals surface area contributed by atoms with Crippen LogP contribution in [0.2, 0.25) is 0 Å². The first-order valence-corrected chi connectivity index (χ1v) is 17.2. The highest BCUT2D eigenvalue weighted by Crippen LogP contribution is 2.52. The van der Waals surface area contributed by atoms with Crippen molar-refractivity contribution in [3.63, 3.8) is 0 Å². The zero-order valence-electron chi connectivity index (χ0n) is 27.9. The molecule has 48 heavy (non-hydrogen) atoms. The van der Waals surface area contributed by atoms with Crippen molar-refractivity contribution in [1.82, 2.24) is 0 Å². The molecule has 2 aliphatic rings. The van der Waals surface area contributed by atoms with Gasteiger partial charge in [-0.05, 0) is 135 Å². The van der Waals surface area contributed by atoms with Crippen LogP contribution in [0.3, 0.4) is 0 Å². The molecule has 0 saturated heterocycles. The topological polar surface area (TPSA) is 0 Å². The van der Waals surface area contributed by atoms with Gasteiger partial charge in [-0.2, -0.15) is 0 Å². The number of benzene rings is 8. The Morgan fingerprint density at radius 1 is 0.292 bits per heavy atom. The van der Waals surface area contributed by atoms with Crippen LogP contribution in [0.1, 0.15) is 49.9 Å². The van der Waals surface area contributed by atoms with Crippen molar-refractivity contribution < 1.29 is 0 Å². The molecule has 0 radical (unpaired) electrons. The van der Waals surface area contributed by atoms with E-state index in [1.165, 1.54) is 99.1 Å². The fraction of sp³-hybridized carbons (Fsp3) is 0.125. The molecule has 0 unspecified atom stereocenters. The molecule has 0 aliphatic heterocycles.